The first kappa shape index (κ1) is 10.8. The lowest BCUT2D eigenvalue weighted by Gasteiger charge is -2.06. The van der Waals surface area contributed by atoms with Crippen molar-refractivity contribution in [3.63, 3.8) is 0 Å². The van der Waals surface area contributed by atoms with Crippen molar-refractivity contribution in [2.24, 2.45) is 0 Å². The van der Waals surface area contributed by atoms with Gasteiger partial charge in [-0.3, -0.25) is 0 Å². The summed E-state index contributed by atoms with van der Waals surface area (Å²) in [6.07, 6.45) is 4.01. The Morgan fingerprint density at radius 3 is 2.62 bits per heavy atom. The molecule has 0 saturated heterocycles. The van der Waals surface area contributed by atoms with E-state index < -0.39 is 15.7 Å². The second-order valence-corrected chi connectivity index (χ2v) is 5.30. The molecule has 0 aliphatic carbocycles. The standard InChI is InChI=1S/C10H9FN2O2S/c1-16(14,15)9-5-2-4-8(10(9)11)13-7-3-6-12-13/h2-7H,1H3. The van der Waals surface area contributed by atoms with Crippen molar-refractivity contribution in [1.29, 1.82) is 0 Å². The molecule has 6 heteroatoms. The van der Waals surface area contributed by atoms with Crippen molar-refractivity contribution in [3.05, 3.63) is 42.5 Å². The molecule has 2 rings (SSSR count). The summed E-state index contributed by atoms with van der Waals surface area (Å²) in [6, 6.07) is 5.82. The zero-order valence-corrected chi connectivity index (χ0v) is 9.28. The lowest BCUT2D eigenvalue weighted by Crippen LogP contribution is -2.05. The van der Waals surface area contributed by atoms with E-state index in [1.54, 1.807) is 12.3 Å². The van der Waals surface area contributed by atoms with Crippen molar-refractivity contribution in [2.75, 3.05) is 6.26 Å². The van der Waals surface area contributed by atoms with E-state index >= 15 is 0 Å². The van der Waals surface area contributed by atoms with Crippen LogP contribution in [0.4, 0.5) is 4.39 Å². The first-order valence-corrected chi connectivity index (χ1v) is 6.38. The van der Waals surface area contributed by atoms with Gasteiger partial charge in [0.1, 0.15) is 10.6 Å². The molecule has 1 aromatic carbocycles. The Bertz CT molecular complexity index is 606. The molecule has 0 unspecified atom stereocenters. The fraction of sp³-hybridized carbons (Fsp3) is 0.100. The summed E-state index contributed by atoms with van der Waals surface area (Å²) < 4.78 is 37.8. The van der Waals surface area contributed by atoms with Crippen LogP contribution < -0.4 is 0 Å². The van der Waals surface area contributed by atoms with Crippen molar-refractivity contribution >= 4 is 9.84 Å². The zero-order valence-electron chi connectivity index (χ0n) is 8.46. The number of benzene rings is 1. The van der Waals surface area contributed by atoms with Crippen molar-refractivity contribution in [2.45, 2.75) is 4.90 Å². The molecule has 0 atom stereocenters. The highest BCUT2D eigenvalue weighted by Gasteiger charge is 2.17. The molecule has 0 saturated carbocycles. The summed E-state index contributed by atoms with van der Waals surface area (Å²) in [5, 5.41) is 3.85. The van der Waals surface area contributed by atoms with E-state index in [1.165, 1.54) is 29.1 Å². The summed E-state index contributed by atoms with van der Waals surface area (Å²) in [7, 11) is -3.56. The Kier molecular flexibility index (Phi) is 2.51. The normalized spacial score (nSPS) is 11.6. The molecule has 1 aromatic heterocycles. The molecule has 0 N–H and O–H groups in total. The van der Waals surface area contributed by atoms with Crippen LogP contribution in [0.1, 0.15) is 0 Å². The van der Waals surface area contributed by atoms with Gasteiger partial charge in [-0.2, -0.15) is 5.10 Å². The third kappa shape index (κ3) is 1.83. The Balaban J connectivity index is 2.67. The van der Waals surface area contributed by atoms with Gasteiger partial charge in [-0.15, -0.1) is 0 Å². The van der Waals surface area contributed by atoms with Crippen molar-refractivity contribution in [1.82, 2.24) is 9.78 Å². The molecule has 1 heterocycles. The summed E-state index contributed by atoms with van der Waals surface area (Å²) >= 11 is 0. The minimum Gasteiger partial charge on any atom is -0.238 e. The second kappa shape index (κ2) is 3.71. The van der Waals surface area contributed by atoms with Gasteiger partial charge in [-0.1, -0.05) is 6.07 Å². The minimum atomic E-state index is -3.56. The molecule has 4 nitrogen and oxygen atoms in total. The van der Waals surface area contributed by atoms with Gasteiger partial charge in [0.2, 0.25) is 0 Å². The van der Waals surface area contributed by atoms with E-state index in [9.17, 15) is 12.8 Å². The van der Waals surface area contributed by atoms with Crippen LogP contribution in [0.15, 0.2) is 41.6 Å². The van der Waals surface area contributed by atoms with Gasteiger partial charge in [0.15, 0.2) is 15.7 Å². The molecular weight excluding hydrogens is 231 g/mol. The molecule has 0 radical (unpaired) electrons. The Morgan fingerprint density at radius 2 is 2.06 bits per heavy atom. The summed E-state index contributed by atoms with van der Waals surface area (Å²) in [6.45, 7) is 0. The zero-order chi connectivity index (χ0) is 11.8. The quantitative estimate of drug-likeness (QED) is 0.797. The van der Waals surface area contributed by atoms with E-state index in [0.29, 0.717) is 0 Å². The molecule has 2 aromatic rings. The van der Waals surface area contributed by atoms with Crippen LogP contribution in [-0.4, -0.2) is 24.5 Å². The number of rotatable bonds is 2. The van der Waals surface area contributed by atoms with E-state index in [-0.39, 0.29) is 10.6 Å². The van der Waals surface area contributed by atoms with Crippen LogP contribution in [0.5, 0.6) is 0 Å². The summed E-state index contributed by atoms with van der Waals surface area (Å²) in [5.74, 6) is -0.784. The van der Waals surface area contributed by atoms with Gasteiger partial charge in [0, 0.05) is 18.6 Å². The summed E-state index contributed by atoms with van der Waals surface area (Å²) in [5.41, 5.74) is 0.118. The van der Waals surface area contributed by atoms with Gasteiger partial charge < -0.3 is 0 Å². The number of halogens is 1. The average Bonchev–Trinajstić information content (AvgIpc) is 2.69. The van der Waals surface area contributed by atoms with Crippen LogP contribution in [0.3, 0.4) is 0 Å². The first-order valence-electron chi connectivity index (χ1n) is 4.49. The van der Waals surface area contributed by atoms with Gasteiger partial charge in [-0.05, 0) is 18.2 Å². The molecule has 0 bridgehead atoms. The third-order valence-corrected chi connectivity index (χ3v) is 3.21. The fourth-order valence-corrected chi connectivity index (χ4v) is 2.13. The van der Waals surface area contributed by atoms with E-state index in [0.717, 1.165) is 6.26 Å². The molecule has 0 fully saturated rings. The summed E-state index contributed by atoms with van der Waals surface area (Å²) in [4.78, 5) is -0.319. The maximum absolute atomic E-state index is 13.9. The first-order chi connectivity index (χ1) is 7.50. The van der Waals surface area contributed by atoms with Gasteiger partial charge in [0.25, 0.3) is 0 Å². The number of hydrogen-bond donors (Lipinski definition) is 0. The lowest BCUT2D eigenvalue weighted by atomic mass is 10.3. The second-order valence-electron chi connectivity index (χ2n) is 3.31. The van der Waals surface area contributed by atoms with Crippen molar-refractivity contribution in [3.8, 4) is 5.69 Å². The SMILES string of the molecule is CS(=O)(=O)c1cccc(-n2cccn2)c1F. The Labute approximate surface area is 92.3 Å². The largest absolute Gasteiger partial charge is 0.238 e. The predicted octanol–water partition coefficient (Wildman–Crippen LogP) is 1.41. The highest BCUT2D eigenvalue weighted by atomic mass is 32.2. The van der Waals surface area contributed by atoms with Crippen LogP contribution in [0, 0.1) is 5.82 Å². The molecule has 0 amide bonds. The van der Waals surface area contributed by atoms with E-state index in [2.05, 4.69) is 5.10 Å². The van der Waals surface area contributed by atoms with E-state index in [4.69, 9.17) is 0 Å². The lowest BCUT2D eigenvalue weighted by molar-refractivity contribution is 0.562. The average molecular weight is 240 g/mol. The maximum Gasteiger partial charge on any atom is 0.178 e. The highest BCUT2D eigenvalue weighted by molar-refractivity contribution is 7.90. The molecular formula is C10H9FN2O2S. The van der Waals surface area contributed by atoms with Crippen molar-refractivity contribution < 1.29 is 12.8 Å². The van der Waals surface area contributed by atoms with Gasteiger partial charge in [0.05, 0.1) is 0 Å². The van der Waals surface area contributed by atoms with Gasteiger partial charge in [-0.25, -0.2) is 17.5 Å². The molecule has 0 aliphatic heterocycles. The Hall–Kier alpha value is -1.69. The molecule has 0 spiro atoms. The van der Waals surface area contributed by atoms with Crippen LogP contribution in [0.25, 0.3) is 5.69 Å². The number of hydrogen-bond acceptors (Lipinski definition) is 3. The minimum absolute atomic E-state index is 0.118. The van der Waals surface area contributed by atoms with Crippen LogP contribution >= 0.6 is 0 Å². The van der Waals surface area contributed by atoms with Gasteiger partial charge >= 0.3 is 0 Å². The molecule has 0 aliphatic rings. The Morgan fingerprint density at radius 1 is 1.31 bits per heavy atom. The van der Waals surface area contributed by atoms with E-state index in [1.807, 2.05) is 0 Å². The molecule has 84 valence electrons. The van der Waals surface area contributed by atoms with Crippen LogP contribution in [-0.2, 0) is 9.84 Å². The fourth-order valence-electron chi connectivity index (χ4n) is 1.37. The number of nitrogens with zero attached hydrogens (tertiary/aromatic N) is 2. The number of aromatic nitrogens is 2. The predicted molar refractivity (Wildman–Crippen MR) is 56.6 cm³/mol. The monoisotopic (exact) mass is 240 g/mol. The third-order valence-electron chi connectivity index (χ3n) is 2.09. The number of sulfone groups is 1. The maximum atomic E-state index is 13.9. The molecule has 16 heavy (non-hydrogen) atoms. The van der Waals surface area contributed by atoms with Crippen LogP contribution in [0.2, 0.25) is 0 Å². The smallest absolute Gasteiger partial charge is 0.178 e. The topological polar surface area (TPSA) is 52.0 Å². The highest BCUT2D eigenvalue weighted by Crippen LogP contribution is 2.20.